The fraction of sp³-hybridized carbons (Fsp3) is 0.385. The molecular weight excluding hydrogens is 234 g/mol. The van der Waals surface area contributed by atoms with Gasteiger partial charge in [0.1, 0.15) is 6.61 Å². The highest BCUT2D eigenvalue weighted by Gasteiger charge is 2.30. The van der Waals surface area contributed by atoms with Crippen LogP contribution in [0.4, 0.5) is 0 Å². The van der Waals surface area contributed by atoms with Crippen molar-refractivity contribution in [2.45, 2.75) is 19.0 Å². The number of hydrogen-bond acceptors (Lipinski definition) is 3. The molecule has 1 N–H and O–H groups in total. The zero-order chi connectivity index (χ0) is 13.0. The van der Waals surface area contributed by atoms with Gasteiger partial charge in [-0.3, -0.25) is 9.59 Å². The Bertz CT molecular complexity index is 432. The van der Waals surface area contributed by atoms with Gasteiger partial charge in [0.05, 0.1) is 19.1 Å². The fourth-order valence-corrected chi connectivity index (χ4v) is 2.03. The number of carboxylic acids is 1. The van der Waals surface area contributed by atoms with E-state index in [1.54, 1.807) is 4.90 Å². The lowest BCUT2D eigenvalue weighted by molar-refractivity contribution is -0.152. The number of ether oxygens (including phenoxy) is 1. The molecule has 1 amide bonds. The molecule has 5 heteroatoms. The van der Waals surface area contributed by atoms with Gasteiger partial charge >= 0.3 is 5.97 Å². The lowest BCUT2D eigenvalue weighted by Crippen LogP contribution is -2.49. The normalized spacial score (nSPS) is 19.9. The molecule has 1 unspecified atom stereocenters. The van der Waals surface area contributed by atoms with Crippen LogP contribution in [0, 0.1) is 0 Å². The zero-order valence-corrected chi connectivity index (χ0v) is 9.91. The SMILES string of the molecule is O=C(O)CC1COCC(=O)N1Cc1ccccc1. The topological polar surface area (TPSA) is 66.8 Å². The largest absolute Gasteiger partial charge is 0.481 e. The number of nitrogens with zero attached hydrogens (tertiary/aromatic N) is 1. The number of carbonyl (C=O) groups excluding carboxylic acids is 1. The van der Waals surface area contributed by atoms with E-state index in [4.69, 9.17) is 9.84 Å². The van der Waals surface area contributed by atoms with Crippen molar-refractivity contribution >= 4 is 11.9 Å². The van der Waals surface area contributed by atoms with E-state index in [1.165, 1.54) is 0 Å². The smallest absolute Gasteiger partial charge is 0.305 e. The Hall–Kier alpha value is -1.88. The third-order valence-corrected chi connectivity index (χ3v) is 2.90. The van der Waals surface area contributed by atoms with Gasteiger partial charge in [-0.1, -0.05) is 30.3 Å². The molecular formula is C13H15NO4. The third-order valence-electron chi connectivity index (χ3n) is 2.90. The van der Waals surface area contributed by atoms with Gasteiger partial charge in [-0.05, 0) is 5.56 Å². The van der Waals surface area contributed by atoms with E-state index in [1.807, 2.05) is 30.3 Å². The molecule has 0 spiro atoms. The quantitative estimate of drug-likeness (QED) is 0.860. The number of carboxylic acid groups (broad SMARTS) is 1. The summed E-state index contributed by atoms with van der Waals surface area (Å²) in [7, 11) is 0. The lowest BCUT2D eigenvalue weighted by Gasteiger charge is -2.34. The van der Waals surface area contributed by atoms with E-state index >= 15 is 0 Å². The van der Waals surface area contributed by atoms with Crippen molar-refractivity contribution in [2.24, 2.45) is 0 Å². The number of hydrogen-bond donors (Lipinski definition) is 1. The van der Waals surface area contributed by atoms with Crippen LogP contribution in [-0.4, -0.2) is 41.1 Å². The summed E-state index contributed by atoms with van der Waals surface area (Å²) in [6.07, 6.45) is -0.0847. The number of rotatable bonds is 4. The summed E-state index contributed by atoms with van der Waals surface area (Å²) in [5.74, 6) is -1.08. The van der Waals surface area contributed by atoms with Gasteiger partial charge in [0, 0.05) is 6.54 Å². The average Bonchev–Trinajstić information content (AvgIpc) is 2.34. The molecule has 2 rings (SSSR count). The van der Waals surface area contributed by atoms with Crippen LogP contribution < -0.4 is 0 Å². The maximum absolute atomic E-state index is 11.8. The van der Waals surface area contributed by atoms with Gasteiger partial charge in [-0.15, -0.1) is 0 Å². The van der Waals surface area contributed by atoms with Crippen LogP contribution in [0.25, 0.3) is 0 Å². The summed E-state index contributed by atoms with van der Waals surface area (Å²) in [5, 5.41) is 8.84. The third kappa shape index (κ3) is 3.07. The summed E-state index contributed by atoms with van der Waals surface area (Å²) in [5.41, 5.74) is 0.989. The van der Waals surface area contributed by atoms with Crippen LogP contribution in [0.15, 0.2) is 30.3 Å². The van der Waals surface area contributed by atoms with Gasteiger partial charge in [0.15, 0.2) is 0 Å². The molecule has 0 bridgehead atoms. The van der Waals surface area contributed by atoms with E-state index in [0.29, 0.717) is 6.54 Å². The molecule has 1 aromatic carbocycles. The predicted octanol–water partition coefficient (Wildman–Crippen LogP) is 0.889. The molecule has 96 valence electrons. The standard InChI is InChI=1S/C13H15NO4/c15-12-9-18-8-11(6-13(16)17)14(12)7-10-4-2-1-3-5-10/h1-5,11H,6-9H2,(H,16,17). The van der Waals surface area contributed by atoms with E-state index in [9.17, 15) is 9.59 Å². The highest BCUT2D eigenvalue weighted by molar-refractivity contribution is 5.79. The average molecular weight is 249 g/mol. The number of carbonyl (C=O) groups is 2. The summed E-state index contributed by atoms with van der Waals surface area (Å²) in [4.78, 5) is 24.2. The van der Waals surface area contributed by atoms with E-state index in [0.717, 1.165) is 5.56 Å². The van der Waals surface area contributed by atoms with Crippen LogP contribution in [0.2, 0.25) is 0 Å². The lowest BCUT2D eigenvalue weighted by atomic mass is 10.1. The van der Waals surface area contributed by atoms with Crippen molar-refractivity contribution in [3.63, 3.8) is 0 Å². The minimum Gasteiger partial charge on any atom is -0.481 e. The van der Waals surface area contributed by atoms with E-state index < -0.39 is 5.97 Å². The molecule has 0 aromatic heterocycles. The molecule has 0 radical (unpaired) electrons. The van der Waals surface area contributed by atoms with Crippen molar-refractivity contribution in [1.82, 2.24) is 4.90 Å². The number of aliphatic carboxylic acids is 1. The first-order chi connectivity index (χ1) is 8.66. The Balaban J connectivity index is 2.10. The second-order valence-electron chi connectivity index (χ2n) is 4.27. The molecule has 1 aliphatic heterocycles. The number of morpholine rings is 1. The molecule has 0 aliphatic carbocycles. The second-order valence-corrected chi connectivity index (χ2v) is 4.27. The monoisotopic (exact) mass is 249 g/mol. The Morgan fingerprint density at radius 1 is 1.39 bits per heavy atom. The summed E-state index contributed by atoms with van der Waals surface area (Å²) in [6, 6.07) is 9.14. The van der Waals surface area contributed by atoms with Gasteiger partial charge in [-0.25, -0.2) is 0 Å². The maximum Gasteiger partial charge on any atom is 0.305 e. The molecule has 1 atom stereocenters. The Morgan fingerprint density at radius 3 is 2.78 bits per heavy atom. The maximum atomic E-state index is 11.8. The summed E-state index contributed by atoms with van der Waals surface area (Å²) >= 11 is 0. The highest BCUT2D eigenvalue weighted by Crippen LogP contribution is 2.15. The molecule has 1 aromatic rings. The van der Waals surface area contributed by atoms with E-state index in [-0.39, 0.29) is 31.6 Å². The molecule has 5 nitrogen and oxygen atoms in total. The second kappa shape index (κ2) is 5.64. The summed E-state index contributed by atoms with van der Waals surface area (Å²) in [6.45, 7) is 0.745. The fourth-order valence-electron chi connectivity index (χ4n) is 2.03. The molecule has 0 saturated carbocycles. The van der Waals surface area contributed by atoms with Gasteiger partial charge in [0.25, 0.3) is 0 Å². The molecule has 1 fully saturated rings. The van der Waals surface area contributed by atoms with Crippen LogP contribution >= 0.6 is 0 Å². The first kappa shape index (κ1) is 12.6. The van der Waals surface area contributed by atoms with Crippen molar-refractivity contribution in [3.05, 3.63) is 35.9 Å². The number of benzene rings is 1. The Kier molecular flexibility index (Phi) is 3.94. The van der Waals surface area contributed by atoms with Gasteiger partial charge < -0.3 is 14.7 Å². The van der Waals surface area contributed by atoms with Crippen LogP contribution in [0.1, 0.15) is 12.0 Å². The minimum atomic E-state index is -0.920. The van der Waals surface area contributed by atoms with Crippen molar-refractivity contribution in [2.75, 3.05) is 13.2 Å². The first-order valence-electron chi connectivity index (χ1n) is 5.80. The molecule has 1 heterocycles. The van der Waals surface area contributed by atoms with Crippen molar-refractivity contribution in [1.29, 1.82) is 0 Å². The Morgan fingerprint density at radius 2 is 2.11 bits per heavy atom. The van der Waals surface area contributed by atoms with E-state index in [2.05, 4.69) is 0 Å². The molecule has 18 heavy (non-hydrogen) atoms. The van der Waals surface area contributed by atoms with Crippen molar-refractivity contribution in [3.8, 4) is 0 Å². The Labute approximate surface area is 105 Å². The molecule has 1 aliphatic rings. The van der Waals surface area contributed by atoms with Crippen LogP contribution in [0.5, 0.6) is 0 Å². The predicted molar refractivity (Wildman–Crippen MR) is 63.9 cm³/mol. The minimum absolute atomic E-state index is 0.0307. The van der Waals surface area contributed by atoms with Crippen LogP contribution in [0.3, 0.4) is 0 Å². The van der Waals surface area contributed by atoms with Crippen molar-refractivity contribution < 1.29 is 19.4 Å². The van der Waals surface area contributed by atoms with Crippen LogP contribution in [-0.2, 0) is 20.9 Å². The highest BCUT2D eigenvalue weighted by atomic mass is 16.5. The van der Waals surface area contributed by atoms with Gasteiger partial charge in [0.2, 0.25) is 5.91 Å². The summed E-state index contributed by atoms with van der Waals surface area (Å²) < 4.78 is 5.11. The molecule has 1 saturated heterocycles. The van der Waals surface area contributed by atoms with Gasteiger partial charge in [-0.2, -0.15) is 0 Å². The zero-order valence-electron chi connectivity index (χ0n) is 9.91. The number of amides is 1. The first-order valence-corrected chi connectivity index (χ1v) is 5.80.